The molecule has 0 heterocycles. The van der Waals surface area contributed by atoms with Gasteiger partial charge in [-0.3, -0.25) is 5.41 Å². The molecule has 0 bridgehead atoms. The lowest BCUT2D eigenvalue weighted by atomic mass is 9.82. The maximum Gasteiger partial charge on any atom is 0.161 e. The number of hydrogen-bond acceptors (Lipinski definition) is 1. The van der Waals surface area contributed by atoms with Gasteiger partial charge >= 0.3 is 0 Å². The fraction of sp³-hybridized carbons (Fsp3) is 0.0556. The minimum atomic E-state index is -0.0752. The van der Waals surface area contributed by atoms with Gasteiger partial charge in [0.1, 0.15) is 0 Å². The van der Waals surface area contributed by atoms with E-state index >= 15 is 0 Å². The van der Waals surface area contributed by atoms with Gasteiger partial charge in [-0.1, -0.05) is 196 Å². The lowest BCUT2D eigenvalue weighted by molar-refractivity contribution is 0.660. The molecular weight excluding hydrogens is 691 g/mol. The van der Waals surface area contributed by atoms with E-state index in [9.17, 15) is 5.41 Å². The smallest absolute Gasteiger partial charge is 0.161 e. The van der Waals surface area contributed by atoms with E-state index in [1.807, 2.05) is 36.5 Å². The number of fused-ring (bicyclic) bond motifs is 7. The van der Waals surface area contributed by atoms with Crippen molar-refractivity contribution in [2.45, 2.75) is 19.3 Å². The lowest BCUT2D eigenvalue weighted by Gasteiger charge is -2.21. The van der Waals surface area contributed by atoms with Gasteiger partial charge in [-0.2, -0.15) is 0 Å². The average Bonchev–Trinajstić information content (AvgIpc) is 3.51. The highest BCUT2D eigenvalue weighted by Gasteiger charge is 2.36. The first-order valence-electron chi connectivity index (χ1n) is 19.5. The van der Waals surface area contributed by atoms with Crippen molar-refractivity contribution in [1.82, 2.24) is 0 Å². The summed E-state index contributed by atoms with van der Waals surface area (Å²) >= 11 is 0. The van der Waals surface area contributed by atoms with Crippen LogP contribution in [0.3, 0.4) is 0 Å². The summed E-state index contributed by atoms with van der Waals surface area (Å²) < 4.78 is 0. The maximum absolute atomic E-state index is 9.23. The van der Waals surface area contributed by atoms with E-state index in [1.54, 1.807) is 0 Å². The van der Waals surface area contributed by atoms with Crippen molar-refractivity contribution in [2.24, 2.45) is 9.98 Å². The Morgan fingerprint density at radius 2 is 1.09 bits per heavy atom. The van der Waals surface area contributed by atoms with Crippen LogP contribution in [0.4, 0.5) is 0 Å². The number of nitrogens with one attached hydrogen (secondary N) is 1. The van der Waals surface area contributed by atoms with Gasteiger partial charge in [0, 0.05) is 28.3 Å². The van der Waals surface area contributed by atoms with E-state index < -0.39 is 0 Å². The molecular formula is C54H39N3. The summed E-state index contributed by atoms with van der Waals surface area (Å²) in [5, 5.41) is 16.2. The molecule has 9 aromatic carbocycles. The summed E-state index contributed by atoms with van der Waals surface area (Å²) in [5.41, 5.74) is 12.4. The van der Waals surface area contributed by atoms with Crippen molar-refractivity contribution in [3.8, 4) is 33.4 Å². The van der Waals surface area contributed by atoms with Gasteiger partial charge in [-0.05, 0) is 82.9 Å². The third-order valence-electron chi connectivity index (χ3n) is 11.7. The first-order chi connectivity index (χ1) is 27.9. The van der Waals surface area contributed by atoms with Crippen LogP contribution in [0.5, 0.6) is 0 Å². The second-order valence-corrected chi connectivity index (χ2v) is 15.4. The number of nitrogens with zero attached hydrogens (tertiary/aromatic N) is 2. The molecule has 0 saturated carbocycles. The van der Waals surface area contributed by atoms with Gasteiger partial charge in [0.05, 0.1) is 0 Å². The molecule has 0 saturated heterocycles. The van der Waals surface area contributed by atoms with Crippen LogP contribution in [-0.4, -0.2) is 17.9 Å². The molecule has 0 amide bonds. The molecule has 0 spiro atoms. The van der Waals surface area contributed by atoms with Gasteiger partial charge in [-0.15, -0.1) is 0 Å². The van der Waals surface area contributed by atoms with Crippen molar-refractivity contribution in [2.75, 3.05) is 0 Å². The molecule has 1 aliphatic rings. The Morgan fingerprint density at radius 3 is 1.89 bits per heavy atom. The van der Waals surface area contributed by atoms with Gasteiger partial charge in [-0.25, -0.2) is 9.98 Å². The van der Waals surface area contributed by atoms with E-state index in [-0.39, 0.29) is 11.3 Å². The van der Waals surface area contributed by atoms with E-state index in [2.05, 4.69) is 172 Å². The molecule has 0 fully saturated rings. The van der Waals surface area contributed by atoms with Crippen LogP contribution < -0.4 is 0 Å². The first-order valence-corrected chi connectivity index (χ1v) is 19.5. The fourth-order valence-electron chi connectivity index (χ4n) is 8.70. The molecule has 3 nitrogen and oxygen atoms in total. The molecule has 0 aliphatic heterocycles. The van der Waals surface area contributed by atoms with Crippen molar-refractivity contribution < 1.29 is 0 Å². The standard InChI is InChI=1S/C54H39N3/c1-54(2)49-21-11-10-19-46(49)51-44(20-12-22-50(51)54)38-25-29-40(30-26-38)53(57-52(55)39-27-23-36(24-28-39)35-13-4-3-5-14-35)56-34-48-43-18-9-7-16-41(43)33-47-42-17-8-6-15-37(42)31-32-45(47)48/h3-34,55H,1-2H3. The highest BCUT2D eigenvalue weighted by Crippen LogP contribution is 2.51. The summed E-state index contributed by atoms with van der Waals surface area (Å²) in [6, 6.07) is 66.0. The van der Waals surface area contributed by atoms with Crippen LogP contribution in [0.25, 0.3) is 65.7 Å². The summed E-state index contributed by atoms with van der Waals surface area (Å²) in [5.74, 6) is 0.629. The van der Waals surface area contributed by atoms with Crippen molar-refractivity contribution in [1.29, 1.82) is 5.41 Å². The third-order valence-corrected chi connectivity index (χ3v) is 11.7. The number of rotatable bonds is 5. The molecule has 57 heavy (non-hydrogen) atoms. The molecule has 270 valence electrons. The normalized spacial score (nSPS) is 13.3. The largest absolute Gasteiger partial charge is 0.282 e. The highest BCUT2D eigenvalue weighted by atomic mass is 14.9. The number of benzene rings is 9. The average molecular weight is 730 g/mol. The van der Waals surface area contributed by atoms with Crippen molar-refractivity contribution >= 4 is 50.2 Å². The van der Waals surface area contributed by atoms with E-state index in [0.717, 1.165) is 49.5 Å². The third kappa shape index (κ3) is 5.96. The topological polar surface area (TPSA) is 48.6 Å². The van der Waals surface area contributed by atoms with Crippen LogP contribution in [0.2, 0.25) is 0 Å². The van der Waals surface area contributed by atoms with Gasteiger partial charge in [0.15, 0.2) is 11.7 Å². The maximum atomic E-state index is 9.23. The second kappa shape index (κ2) is 13.8. The van der Waals surface area contributed by atoms with Gasteiger partial charge in [0.25, 0.3) is 0 Å². The molecule has 0 radical (unpaired) electrons. The Morgan fingerprint density at radius 1 is 0.474 bits per heavy atom. The SMILES string of the molecule is CC1(C)c2ccccc2-c2c(-c3ccc(C(N=Cc4c5ccccc5cc5c4ccc4ccccc45)=NC(=N)c4ccc(-c5ccccc5)cc4)cc3)cccc21. The monoisotopic (exact) mass is 729 g/mol. The Labute approximate surface area is 332 Å². The zero-order valence-electron chi connectivity index (χ0n) is 31.9. The summed E-state index contributed by atoms with van der Waals surface area (Å²) in [6.45, 7) is 4.63. The minimum Gasteiger partial charge on any atom is -0.282 e. The number of amidine groups is 2. The number of hydrogen-bond donors (Lipinski definition) is 1. The van der Waals surface area contributed by atoms with E-state index in [4.69, 9.17) is 9.98 Å². The molecule has 3 heteroatoms. The Kier molecular flexibility index (Phi) is 8.30. The van der Waals surface area contributed by atoms with E-state index in [0.29, 0.717) is 5.84 Å². The molecule has 1 N–H and O–H groups in total. The predicted octanol–water partition coefficient (Wildman–Crippen LogP) is 13.7. The predicted molar refractivity (Wildman–Crippen MR) is 241 cm³/mol. The summed E-state index contributed by atoms with van der Waals surface area (Å²) in [7, 11) is 0. The molecule has 0 unspecified atom stereocenters. The highest BCUT2D eigenvalue weighted by molar-refractivity contribution is 6.22. The van der Waals surface area contributed by atoms with E-state index in [1.165, 1.54) is 44.0 Å². The zero-order valence-corrected chi connectivity index (χ0v) is 31.9. The van der Waals surface area contributed by atoms with Crippen LogP contribution >= 0.6 is 0 Å². The quantitative estimate of drug-likeness (QED) is 0.0794. The molecule has 1 aliphatic carbocycles. The molecule has 9 aromatic rings. The van der Waals surface area contributed by atoms with Crippen molar-refractivity contribution in [3.05, 3.63) is 216 Å². The van der Waals surface area contributed by atoms with Crippen molar-refractivity contribution in [3.63, 3.8) is 0 Å². The van der Waals surface area contributed by atoms with Crippen LogP contribution in [0.15, 0.2) is 198 Å². The first kappa shape index (κ1) is 34.3. The minimum absolute atomic E-state index is 0.0752. The summed E-state index contributed by atoms with van der Waals surface area (Å²) in [6.07, 6.45) is 1.95. The van der Waals surface area contributed by atoms with Crippen LogP contribution in [0.1, 0.15) is 41.7 Å². The number of aliphatic imine (C=N–C) groups is 2. The lowest BCUT2D eigenvalue weighted by Crippen LogP contribution is -2.14. The fourth-order valence-corrected chi connectivity index (χ4v) is 8.70. The zero-order chi connectivity index (χ0) is 38.5. The molecule has 0 atom stereocenters. The van der Waals surface area contributed by atoms with Crippen LogP contribution in [-0.2, 0) is 5.41 Å². The van der Waals surface area contributed by atoms with Crippen LogP contribution in [0, 0.1) is 5.41 Å². The second-order valence-electron chi connectivity index (χ2n) is 15.4. The Bertz CT molecular complexity index is 3080. The summed E-state index contributed by atoms with van der Waals surface area (Å²) in [4.78, 5) is 10.1. The Hall–Kier alpha value is -7.23. The molecule has 10 rings (SSSR count). The van der Waals surface area contributed by atoms with Gasteiger partial charge < -0.3 is 0 Å². The van der Waals surface area contributed by atoms with Gasteiger partial charge in [0.2, 0.25) is 0 Å². The Balaban J connectivity index is 1.09. The molecule has 0 aromatic heterocycles.